The van der Waals surface area contributed by atoms with E-state index in [4.69, 9.17) is 5.73 Å². The van der Waals surface area contributed by atoms with Crippen molar-refractivity contribution in [2.75, 3.05) is 0 Å². The van der Waals surface area contributed by atoms with Crippen molar-refractivity contribution >= 4 is 0 Å². The average Bonchev–Trinajstić information content (AvgIpc) is 2.49. The molecule has 0 aliphatic heterocycles. The number of hydrogen-bond donors (Lipinski definition) is 1. The van der Waals surface area contributed by atoms with Crippen LogP contribution in [0, 0.1) is 0 Å². The Morgan fingerprint density at radius 1 is 0.737 bits per heavy atom. The quantitative estimate of drug-likeness (QED) is 0.822. The Hall–Kier alpha value is -2.02. The molecule has 0 aliphatic carbocycles. The lowest BCUT2D eigenvalue weighted by atomic mass is 9.99. The highest BCUT2D eigenvalue weighted by Crippen LogP contribution is 2.14. The molecule has 0 saturated carbocycles. The van der Waals surface area contributed by atoms with Crippen LogP contribution in [0.2, 0.25) is 0 Å². The maximum atomic E-state index is 5.74. The predicted octanol–water partition coefficient (Wildman–Crippen LogP) is 4.09. The Morgan fingerprint density at radius 2 is 1.16 bits per heavy atom. The number of hydrogen-bond acceptors (Lipinski definition) is 1. The molecule has 0 bridgehead atoms. The first kappa shape index (κ1) is 13.4. The summed E-state index contributed by atoms with van der Waals surface area (Å²) >= 11 is 0. The summed E-state index contributed by atoms with van der Waals surface area (Å²) in [6.45, 7) is 0. The minimum Gasteiger partial charge on any atom is -0.405 e. The van der Waals surface area contributed by atoms with Crippen molar-refractivity contribution in [3.05, 3.63) is 83.6 Å². The van der Waals surface area contributed by atoms with E-state index in [1.165, 1.54) is 16.7 Å². The Morgan fingerprint density at radius 3 is 1.53 bits per heavy atom. The van der Waals surface area contributed by atoms with Gasteiger partial charge in [-0.25, -0.2) is 0 Å². The van der Waals surface area contributed by atoms with E-state index in [1.54, 1.807) is 6.20 Å². The van der Waals surface area contributed by atoms with E-state index in [0.717, 1.165) is 25.7 Å². The highest BCUT2D eigenvalue weighted by molar-refractivity contribution is 5.19. The van der Waals surface area contributed by atoms with Crippen LogP contribution in [0.25, 0.3) is 0 Å². The van der Waals surface area contributed by atoms with Crippen molar-refractivity contribution in [2.45, 2.75) is 25.7 Å². The van der Waals surface area contributed by atoms with Crippen molar-refractivity contribution < 1.29 is 0 Å². The largest absolute Gasteiger partial charge is 0.405 e. The maximum Gasteiger partial charge on any atom is -0.00702 e. The summed E-state index contributed by atoms with van der Waals surface area (Å²) in [6, 6.07) is 21.1. The Labute approximate surface area is 115 Å². The number of rotatable bonds is 6. The third-order valence-corrected chi connectivity index (χ3v) is 3.39. The Bertz CT molecular complexity index is 454. The molecule has 0 fully saturated rings. The lowest BCUT2D eigenvalue weighted by molar-refractivity contribution is 0.831. The summed E-state index contributed by atoms with van der Waals surface area (Å²) < 4.78 is 0. The molecule has 19 heavy (non-hydrogen) atoms. The summed E-state index contributed by atoms with van der Waals surface area (Å²) in [5, 5.41) is 0. The second kappa shape index (κ2) is 7.42. The molecule has 1 nitrogen and oxygen atoms in total. The molecule has 98 valence electrons. The van der Waals surface area contributed by atoms with E-state index in [0.29, 0.717) is 0 Å². The van der Waals surface area contributed by atoms with Crippen LogP contribution in [0.1, 0.15) is 24.0 Å². The van der Waals surface area contributed by atoms with E-state index in [-0.39, 0.29) is 0 Å². The molecule has 0 radical (unpaired) electrons. The van der Waals surface area contributed by atoms with Crippen LogP contribution in [0.4, 0.5) is 0 Å². The fourth-order valence-electron chi connectivity index (χ4n) is 2.19. The van der Waals surface area contributed by atoms with Gasteiger partial charge in [-0.15, -0.1) is 0 Å². The highest BCUT2D eigenvalue weighted by Gasteiger charge is 2.00. The molecule has 0 unspecified atom stereocenters. The topological polar surface area (TPSA) is 26.0 Å². The first-order valence-corrected chi connectivity index (χ1v) is 6.86. The van der Waals surface area contributed by atoms with Gasteiger partial charge in [-0.2, -0.15) is 0 Å². The summed E-state index contributed by atoms with van der Waals surface area (Å²) in [5.41, 5.74) is 9.83. The van der Waals surface area contributed by atoms with Crippen LogP contribution in [0.3, 0.4) is 0 Å². The zero-order chi connectivity index (χ0) is 13.3. The van der Waals surface area contributed by atoms with Crippen LogP contribution >= 0.6 is 0 Å². The van der Waals surface area contributed by atoms with Crippen molar-refractivity contribution in [3.8, 4) is 0 Å². The van der Waals surface area contributed by atoms with Crippen molar-refractivity contribution in [2.24, 2.45) is 5.73 Å². The molecule has 2 aromatic rings. The summed E-state index contributed by atoms with van der Waals surface area (Å²) in [6.07, 6.45) is 6.02. The normalized spacial score (nSPS) is 10.1. The van der Waals surface area contributed by atoms with E-state index in [1.807, 2.05) is 0 Å². The van der Waals surface area contributed by atoms with E-state index < -0.39 is 0 Å². The molecule has 2 aromatic carbocycles. The fraction of sp³-hybridized carbons (Fsp3) is 0.222. The third-order valence-electron chi connectivity index (χ3n) is 3.39. The second-order valence-electron chi connectivity index (χ2n) is 4.80. The van der Waals surface area contributed by atoms with Gasteiger partial charge in [-0.05, 0) is 43.0 Å². The van der Waals surface area contributed by atoms with Gasteiger partial charge in [0.1, 0.15) is 0 Å². The Balaban J connectivity index is 1.81. The van der Waals surface area contributed by atoms with Crippen LogP contribution in [-0.2, 0) is 12.8 Å². The van der Waals surface area contributed by atoms with E-state index >= 15 is 0 Å². The predicted molar refractivity (Wildman–Crippen MR) is 81.8 cm³/mol. The average molecular weight is 251 g/mol. The summed E-state index contributed by atoms with van der Waals surface area (Å²) in [7, 11) is 0. The molecule has 2 N–H and O–H groups in total. The molecule has 0 aromatic heterocycles. The molecule has 0 aliphatic rings. The molecule has 0 spiro atoms. The molecule has 0 heterocycles. The van der Waals surface area contributed by atoms with Crippen LogP contribution in [0.15, 0.2) is 72.4 Å². The molecular formula is C18H21N. The van der Waals surface area contributed by atoms with Gasteiger partial charge in [-0.3, -0.25) is 0 Å². The lowest BCUT2D eigenvalue weighted by Gasteiger charge is -2.07. The monoisotopic (exact) mass is 251 g/mol. The van der Waals surface area contributed by atoms with E-state index in [2.05, 4.69) is 60.7 Å². The smallest absolute Gasteiger partial charge is 0.00702 e. The third kappa shape index (κ3) is 4.63. The number of nitrogens with two attached hydrogens (primary N) is 1. The molecule has 0 saturated heterocycles. The molecule has 2 rings (SSSR count). The van der Waals surface area contributed by atoms with Crippen LogP contribution < -0.4 is 5.73 Å². The van der Waals surface area contributed by atoms with Gasteiger partial charge in [0.05, 0.1) is 0 Å². The number of allylic oxidation sites excluding steroid dienone is 1. The standard InChI is InChI=1S/C18H21N/c19-15-18(13-11-16-7-3-1-4-8-16)14-12-17-9-5-2-6-10-17/h1-10,15H,11-14,19H2. The van der Waals surface area contributed by atoms with Crippen molar-refractivity contribution in [3.63, 3.8) is 0 Å². The van der Waals surface area contributed by atoms with Gasteiger partial charge in [0.25, 0.3) is 0 Å². The lowest BCUT2D eigenvalue weighted by Crippen LogP contribution is -1.96. The van der Waals surface area contributed by atoms with E-state index in [9.17, 15) is 0 Å². The SMILES string of the molecule is NC=C(CCc1ccccc1)CCc1ccccc1. The zero-order valence-corrected chi connectivity index (χ0v) is 11.3. The molecular weight excluding hydrogens is 230 g/mol. The molecule has 1 heteroatoms. The fourth-order valence-corrected chi connectivity index (χ4v) is 2.19. The first-order chi connectivity index (χ1) is 9.38. The van der Waals surface area contributed by atoms with Gasteiger partial charge < -0.3 is 5.73 Å². The summed E-state index contributed by atoms with van der Waals surface area (Å²) in [5.74, 6) is 0. The van der Waals surface area contributed by atoms with Crippen LogP contribution in [-0.4, -0.2) is 0 Å². The molecule has 0 atom stereocenters. The van der Waals surface area contributed by atoms with Gasteiger partial charge in [0.15, 0.2) is 0 Å². The van der Waals surface area contributed by atoms with Gasteiger partial charge in [0.2, 0.25) is 0 Å². The van der Waals surface area contributed by atoms with Gasteiger partial charge in [0, 0.05) is 0 Å². The van der Waals surface area contributed by atoms with Crippen LogP contribution in [0.5, 0.6) is 0 Å². The minimum atomic E-state index is 1.05. The first-order valence-electron chi connectivity index (χ1n) is 6.86. The second-order valence-corrected chi connectivity index (χ2v) is 4.80. The number of benzene rings is 2. The van der Waals surface area contributed by atoms with Gasteiger partial charge >= 0.3 is 0 Å². The van der Waals surface area contributed by atoms with Crippen molar-refractivity contribution in [1.82, 2.24) is 0 Å². The summed E-state index contributed by atoms with van der Waals surface area (Å²) in [4.78, 5) is 0. The highest BCUT2D eigenvalue weighted by atomic mass is 14.5. The number of aryl methyl sites for hydroxylation is 2. The van der Waals surface area contributed by atoms with Crippen molar-refractivity contribution in [1.29, 1.82) is 0 Å². The zero-order valence-electron chi connectivity index (χ0n) is 11.3. The Kier molecular flexibility index (Phi) is 5.24. The molecule has 0 amide bonds. The maximum absolute atomic E-state index is 5.74. The van der Waals surface area contributed by atoms with Gasteiger partial charge in [-0.1, -0.05) is 66.2 Å². The minimum absolute atomic E-state index is 1.05.